The van der Waals surface area contributed by atoms with Crippen LogP contribution in [0.5, 0.6) is 0 Å². The number of rotatable bonds is 6. The van der Waals surface area contributed by atoms with Gasteiger partial charge in [-0.1, -0.05) is 43.1 Å². The van der Waals surface area contributed by atoms with Crippen molar-refractivity contribution in [3.8, 4) is 0 Å². The number of nitrogens with one attached hydrogen (secondary N) is 1. The molecular formula is C14H16Cl2N2O3S2. The Hall–Kier alpha value is -0.860. The molecule has 0 aliphatic heterocycles. The molecule has 0 spiro atoms. The zero-order valence-corrected chi connectivity index (χ0v) is 15.7. The summed E-state index contributed by atoms with van der Waals surface area (Å²) in [6, 6.07) is 4.37. The van der Waals surface area contributed by atoms with Crippen molar-refractivity contribution in [3.63, 3.8) is 0 Å². The quantitative estimate of drug-likeness (QED) is 0.766. The van der Waals surface area contributed by atoms with Gasteiger partial charge in [0.05, 0.1) is 15.7 Å². The fourth-order valence-electron chi connectivity index (χ4n) is 2.01. The highest BCUT2D eigenvalue weighted by molar-refractivity contribution is 7.93. The van der Waals surface area contributed by atoms with Gasteiger partial charge in [0.2, 0.25) is 0 Å². The second kappa shape index (κ2) is 6.94. The normalized spacial score (nSPS) is 12.4. The van der Waals surface area contributed by atoms with E-state index in [1.54, 1.807) is 5.38 Å². The van der Waals surface area contributed by atoms with Gasteiger partial charge in [-0.2, -0.15) is 0 Å². The Bertz CT molecular complexity index is 802. The van der Waals surface area contributed by atoms with Crippen molar-refractivity contribution in [3.05, 3.63) is 39.3 Å². The average Bonchev–Trinajstić information content (AvgIpc) is 2.97. The van der Waals surface area contributed by atoms with Crippen molar-refractivity contribution in [2.45, 2.75) is 37.2 Å². The third-order valence-electron chi connectivity index (χ3n) is 3.58. The van der Waals surface area contributed by atoms with Crippen molar-refractivity contribution in [1.29, 1.82) is 0 Å². The maximum Gasteiger partial charge on any atom is 0.265 e. The Morgan fingerprint density at radius 2 is 1.96 bits per heavy atom. The molecule has 5 nitrogen and oxygen atoms in total. The largest absolute Gasteiger partial charge is 0.384 e. The number of hydrogen-bond acceptors (Lipinski definition) is 5. The zero-order chi connectivity index (χ0) is 17.3. The topological polar surface area (TPSA) is 79.3 Å². The van der Waals surface area contributed by atoms with Crippen LogP contribution in [0.15, 0.2) is 28.5 Å². The second-order valence-corrected chi connectivity index (χ2v) is 8.23. The molecule has 0 unspecified atom stereocenters. The molecule has 0 fully saturated rings. The lowest BCUT2D eigenvalue weighted by molar-refractivity contribution is 0.0247. The molecule has 1 heterocycles. The number of aromatic nitrogens is 1. The highest BCUT2D eigenvalue weighted by atomic mass is 35.5. The first-order chi connectivity index (χ1) is 10.7. The number of hydrogen-bond donors (Lipinski definition) is 2. The van der Waals surface area contributed by atoms with Crippen LogP contribution in [0.4, 0.5) is 5.13 Å². The summed E-state index contributed by atoms with van der Waals surface area (Å²) in [5, 5.41) is 12.4. The molecule has 0 aliphatic carbocycles. The Morgan fingerprint density at radius 1 is 1.30 bits per heavy atom. The van der Waals surface area contributed by atoms with Crippen LogP contribution in [0.2, 0.25) is 10.0 Å². The first-order valence-corrected chi connectivity index (χ1v) is 10.0. The molecule has 2 aromatic rings. The summed E-state index contributed by atoms with van der Waals surface area (Å²) in [6.07, 6.45) is 0.971. The average molecular weight is 395 g/mol. The third-order valence-corrected chi connectivity index (χ3v) is 6.78. The molecular weight excluding hydrogens is 379 g/mol. The molecule has 0 bridgehead atoms. The molecule has 0 saturated heterocycles. The van der Waals surface area contributed by atoms with Gasteiger partial charge in [0.25, 0.3) is 10.0 Å². The summed E-state index contributed by atoms with van der Waals surface area (Å²) >= 11 is 12.9. The minimum atomic E-state index is -3.91. The van der Waals surface area contributed by atoms with Crippen LogP contribution < -0.4 is 4.72 Å². The zero-order valence-electron chi connectivity index (χ0n) is 12.5. The Labute approximate surface area is 149 Å². The van der Waals surface area contributed by atoms with E-state index in [4.69, 9.17) is 23.2 Å². The smallest absolute Gasteiger partial charge is 0.265 e. The maximum absolute atomic E-state index is 12.4. The van der Waals surface area contributed by atoms with Gasteiger partial charge in [0.15, 0.2) is 5.13 Å². The van der Waals surface area contributed by atoms with Crippen LogP contribution in [0.25, 0.3) is 0 Å². The fourth-order valence-corrected chi connectivity index (χ4v) is 4.83. The van der Waals surface area contributed by atoms with Gasteiger partial charge in [-0.25, -0.2) is 13.4 Å². The van der Waals surface area contributed by atoms with E-state index in [1.165, 1.54) is 18.2 Å². The van der Waals surface area contributed by atoms with E-state index in [-0.39, 0.29) is 20.1 Å². The molecule has 0 amide bonds. The van der Waals surface area contributed by atoms with Crippen molar-refractivity contribution in [2.24, 2.45) is 0 Å². The first kappa shape index (κ1) is 18.5. The summed E-state index contributed by atoms with van der Waals surface area (Å²) in [6.45, 7) is 3.69. The summed E-state index contributed by atoms with van der Waals surface area (Å²) in [4.78, 5) is 4.07. The monoisotopic (exact) mass is 394 g/mol. The molecule has 1 aromatic carbocycles. The fraction of sp³-hybridized carbons (Fsp3) is 0.357. The van der Waals surface area contributed by atoms with E-state index < -0.39 is 15.6 Å². The van der Waals surface area contributed by atoms with Crippen molar-refractivity contribution in [2.75, 3.05) is 4.72 Å². The van der Waals surface area contributed by atoms with Crippen LogP contribution in [0.1, 0.15) is 32.4 Å². The molecule has 0 atom stereocenters. The predicted octanol–water partition coefficient (Wildman–Crippen LogP) is 4.26. The summed E-state index contributed by atoms with van der Waals surface area (Å²) < 4.78 is 27.2. The number of thiazole rings is 1. The number of aliphatic hydroxyl groups is 1. The van der Waals surface area contributed by atoms with Crippen molar-refractivity contribution < 1.29 is 13.5 Å². The molecule has 2 N–H and O–H groups in total. The van der Waals surface area contributed by atoms with Gasteiger partial charge >= 0.3 is 0 Å². The summed E-state index contributed by atoms with van der Waals surface area (Å²) in [7, 11) is -3.91. The van der Waals surface area contributed by atoms with Gasteiger partial charge in [-0.3, -0.25) is 4.72 Å². The van der Waals surface area contributed by atoms with E-state index in [9.17, 15) is 13.5 Å². The van der Waals surface area contributed by atoms with Gasteiger partial charge in [-0.15, -0.1) is 11.3 Å². The Kier molecular flexibility index (Phi) is 5.58. The van der Waals surface area contributed by atoms with Crippen molar-refractivity contribution >= 4 is 49.7 Å². The van der Waals surface area contributed by atoms with E-state index in [1.807, 2.05) is 13.8 Å². The lowest BCUT2D eigenvalue weighted by Crippen LogP contribution is -2.24. The van der Waals surface area contributed by atoms with Crippen LogP contribution >= 0.6 is 34.5 Å². The second-order valence-electron chi connectivity index (χ2n) is 4.93. The van der Waals surface area contributed by atoms with Crippen LogP contribution in [0.3, 0.4) is 0 Å². The lowest BCUT2D eigenvalue weighted by Gasteiger charge is -2.22. The minimum Gasteiger partial charge on any atom is -0.384 e. The van der Waals surface area contributed by atoms with Crippen molar-refractivity contribution in [1.82, 2.24) is 4.98 Å². The van der Waals surface area contributed by atoms with Gasteiger partial charge in [0.1, 0.15) is 10.5 Å². The maximum atomic E-state index is 12.4. The Morgan fingerprint density at radius 3 is 2.57 bits per heavy atom. The van der Waals surface area contributed by atoms with Crippen LogP contribution in [0, 0.1) is 0 Å². The standard InChI is InChI=1S/C14H16Cl2N2O3S2/c1-3-14(19,4-2)11-8-22-13(17-11)18-23(20,21)10-7-5-6-9(15)12(10)16/h5-8,19H,3-4H2,1-2H3,(H,17,18). The number of anilines is 1. The van der Waals surface area contributed by atoms with Crippen LogP contribution in [-0.2, 0) is 15.6 Å². The van der Waals surface area contributed by atoms with E-state index in [0.29, 0.717) is 18.5 Å². The van der Waals surface area contributed by atoms with E-state index in [2.05, 4.69) is 9.71 Å². The first-order valence-electron chi connectivity index (χ1n) is 6.88. The molecule has 126 valence electrons. The van der Waals surface area contributed by atoms with Gasteiger partial charge in [-0.05, 0) is 25.0 Å². The molecule has 1 aromatic heterocycles. The number of benzene rings is 1. The highest BCUT2D eigenvalue weighted by Gasteiger charge is 2.29. The van der Waals surface area contributed by atoms with Gasteiger partial charge in [0, 0.05) is 5.38 Å². The van der Waals surface area contributed by atoms with E-state index >= 15 is 0 Å². The van der Waals surface area contributed by atoms with E-state index in [0.717, 1.165) is 11.3 Å². The third kappa shape index (κ3) is 3.80. The molecule has 23 heavy (non-hydrogen) atoms. The van der Waals surface area contributed by atoms with Gasteiger partial charge < -0.3 is 5.11 Å². The minimum absolute atomic E-state index is 0.0444. The summed E-state index contributed by atoms with van der Waals surface area (Å²) in [5.74, 6) is 0. The number of halogens is 2. The predicted molar refractivity (Wildman–Crippen MR) is 93.9 cm³/mol. The molecule has 0 radical (unpaired) electrons. The molecule has 2 rings (SSSR count). The van der Waals surface area contributed by atoms with Crippen LogP contribution in [-0.4, -0.2) is 18.5 Å². The Balaban J connectivity index is 2.32. The molecule has 9 heteroatoms. The SMILES string of the molecule is CCC(O)(CC)c1csc(NS(=O)(=O)c2cccc(Cl)c2Cl)n1. The summed E-state index contributed by atoms with van der Waals surface area (Å²) in [5.41, 5.74) is -0.615. The highest BCUT2D eigenvalue weighted by Crippen LogP contribution is 2.33. The number of sulfonamides is 1. The molecule has 0 aliphatic rings. The number of nitrogens with zero attached hydrogens (tertiary/aromatic N) is 1. The molecule has 0 saturated carbocycles. The lowest BCUT2D eigenvalue weighted by atomic mass is 9.94.